The minimum absolute atomic E-state index is 0. The number of rotatable bonds is 1. The molecule has 0 saturated carbocycles. The maximum Gasteiger partial charge on any atom is 0.0595 e. The summed E-state index contributed by atoms with van der Waals surface area (Å²) in [5.74, 6) is 0.366. The van der Waals surface area contributed by atoms with Crippen molar-refractivity contribution in [3.05, 3.63) is 69.2 Å². The smallest absolute Gasteiger partial charge is 0.0595 e. The average Bonchev–Trinajstić information content (AvgIpc) is 2.43. The Balaban J connectivity index is 0.00000147. The molecule has 20 heavy (non-hydrogen) atoms. The lowest BCUT2D eigenvalue weighted by Gasteiger charge is -2.30. The fourth-order valence-electron chi connectivity index (χ4n) is 2.90. The van der Waals surface area contributed by atoms with E-state index in [1.54, 1.807) is 0 Å². The molecule has 2 N–H and O–H groups in total. The molecule has 2 aromatic carbocycles. The summed E-state index contributed by atoms with van der Waals surface area (Å²) in [6.45, 7) is 0. The Morgan fingerprint density at radius 2 is 1.60 bits per heavy atom. The van der Waals surface area contributed by atoms with Crippen molar-refractivity contribution in [2.24, 2.45) is 5.73 Å². The number of hydrogen-bond donors (Lipinski definition) is 1. The van der Waals surface area contributed by atoms with Gasteiger partial charge >= 0.3 is 0 Å². The van der Waals surface area contributed by atoms with E-state index >= 15 is 0 Å². The first-order chi connectivity index (χ1) is 9.16. The third-order valence-electron chi connectivity index (χ3n) is 3.88. The standard InChI is InChI=1S/C16H15Cl2N.ClH/c17-14-7-5-10(9-15(14)18)11-6-8-16(19)13-4-2-1-3-12(11)13;/h1-5,7,9,11,16H,6,8,19H2;1H/t11-,16+;/m1./s1. The Kier molecular flexibility index (Phi) is 4.98. The zero-order valence-electron chi connectivity index (χ0n) is 10.9. The van der Waals surface area contributed by atoms with Gasteiger partial charge in [0.05, 0.1) is 10.0 Å². The van der Waals surface area contributed by atoms with Crippen molar-refractivity contribution >= 4 is 35.6 Å². The molecule has 0 aromatic heterocycles. The predicted octanol–water partition coefficient (Wildman–Crippen LogP) is 5.34. The molecule has 1 aliphatic rings. The molecule has 0 heterocycles. The second-order valence-corrected chi connectivity index (χ2v) is 5.85. The molecule has 0 saturated heterocycles. The van der Waals surface area contributed by atoms with Gasteiger partial charge in [-0.1, -0.05) is 53.5 Å². The fraction of sp³-hybridized carbons (Fsp3) is 0.250. The predicted molar refractivity (Wildman–Crippen MR) is 88.2 cm³/mol. The summed E-state index contributed by atoms with van der Waals surface area (Å²) in [6, 6.07) is 14.5. The van der Waals surface area contributed by atoms with Crippen molar-refractivity contribution in [2.75, 3.05) is 0 Å². The molecule has 106 valence electrons. The first-order valence-corrected chi connectivity index (χ1v) is 7.22. The highest BCUT2D eigenvalue weighted by atomic mass is 35.5. The molecule has 2 atom stereocenters. The summed E-state index contributed by atoms with van der Waals surface area (Å²) in [5, 5.41) is 1.22. The highest BCUT2D eigenvalue weighted by Crippen LogP contribution is 2.41. The van der Waals surface area contributed by atoms with E-state index in [0.29, 0.717) is 16.0 Å². The van der Waals surface area contributed by atoms with E-state index in [2.05, 4.69) is 30.3 Å². The van der Waals surface area contributed by atoms with Crippen molar-refractivity contribution in [3.8, 4) is 0 Å². The minimum Gasteiger partial charge on any atom is -0.324 e. The van der Waals surface area contributed by atoms with Crippen LogP contribution in [0.25, 0.3) is 0 Å². The van der Waals surface area contributed by atoms with Gasteiger partial charge in [0.15, 0.2) is 0 Å². The second-order valence-electron chi connectivity index (χ2n) is 5.04. The Morgan fingerprint density at radius 1 is 0.900 bits per heavy atom. The molecule has 1 aliphatic carbocycles. The normalized spacial score (nSPS) is 20.9. The Bertz CT molecular complexity index is 612. The van der Waals surface area contributed by atoms with E-state index in [4.69, 9.17) is 28.9 Å². The fourth-order valence-corrected chi connectivity index (χ4v) is 3.21. The number of halogens is 3. The SMILES string of the molecule is Cl.N[C@H]1CC[C@H](c2ccc(Cl)c(Cl)c2)c2ccccc21. The molecule has 3 rings (SSSR count). The van der Waals surface area contributed by atoms with Crippen LogP contribution in [-0.4, -0.2) is 0 Å². The lowest BCUT2D eigenvalue weighted by Crippen LogP contribution is -2.20. The van der Waals surface area contributed by atoms with Gasteiger partial charge in [-0.2, -0.15) is 0 Å². The lowest BCUT2D eigenvalue weighted by molar-refractivity contribution is 0.530. The van der Waals surface area contributed by atoms with Gasteiger partial charge in [0.1, 0.15) is 0 Å². The van der Waals surface area contributed by atoms with Gasteiger partial charge in [-0.25, -0.2) is 0 Å². The maximum absolute atomic E-state index is 6.19. The molecular weight excluding hydrogens is 313 g/mol. The summed E-state index contributed by atoms with van der Waals surface area (Å²) in [5.41, 5.74) is 9.98. The van der Waals surface area contributed by atoms with E-state index < -0.39 is 0 Å². The van der Waals surface area contributed by atoms with Crippen molar-refractivity contribution in [2.45, 2.75) is 24.8 Å². The van der Waals surface area contributed by atoms with Gasteiger partial charge in [0.25, 0.3) is 0 Å². The molecular formula is C16H16Cl3N. The molecule has 0 unspecified atom stereocenters. The van der Waals surface area contributed by atoms with Crippen LogP contribution in [0.3, 0.4) is 0 Å². The van der Waals surface area contributed by atoms with Crippen LogP contribution < -0.4 is 5.73 Å². The summed E-state index contributed by atoms with van der Waals surface area (Å²) < 4.78 is 0. The highest BCUT2D eigenvalue weighted by Gasteiger charge is 2.26. The molecule has 4 heteroatoms. The topological polar surface area (TPSA) is 26.0 Å². The first kappa shape index (κ1) is 15.7. The lowest BCUT2D eigenvalue weighted by atomic mass is 9.77. The molecule has 0 amide bonds. The van der Waals surface area contributed by atoms with Crippen LogP contribution in [0.2, 0.25) is 10.0 Å². The van der Waals surface area contributed by atoms with Crippen LogP contribution in [-0.2, 0) is 0 Å². The molecule has 0 aliphatic heterocycles. The van der Waals surface area contributed by atoms with Gasteiger partial charge in [-0.05, 0) is 41.7 Å². The van der Waals surface area contributed by atoms with E-state index in [9.17, 15) is 0 Å². The highest BCUT2D eigenvalue weighted by molar-refractivity contribution is 6.42. The Hall–Kier alpha value is -0.730. The van der Waals surface area contributed by atoms with Crippen molar-refractivity contribution in [1.29, 1.82) is 0 Å². The molecule has 0 bridgehead atoms. The molecule has 1 nitrogen and oxygen atoms in total. The van der Waals surface area contributed by atoms with Crippen LogP contribution in [0.15, 0.2) is 42.5 Å². The number of benzene rings is 2. The number of fused-ring (bicyclic) bond motifs is 1. The average molecular weight is 329 g/mol. The minimum atomic E-state index is 0. The zero-order valence-corrected chi connectivity index (χ0v) is 13.2. The van der Waals surface area contributed by atoms with Crippen LogP contribution in [0.5, 0.6) is 0 Å². The molecule has 2 aromatic rings. The first-order valence-electron chi connectivity index (χ1n) is 6.46. The van der Waals surface area contributed by atoms with Gasteiger partial charge < -0.3 is 5.73 Å². The summed E-state index contributed by atoms with van der Waals surface area (Å²) in [4.78, 5) is 0. The van der Waals surface area contributed by atoms with E-state index in [1.165, 1.54) is 16.7 Å². The second kappa shape index (κ2) is 6.36. The van der Waals surface area contributed by atoms with Crippen LogP contribution in [0, 0.1) is 0 Å². The van der Waals surface area contributed by atoms with E-state index in [-0.39, 0.29) is 18.4 Å². The van der Waals surface area contributed by atoms with Crippen LogP contribution in [0.1, 0.15) is 41.5 Å². The van der Waals surface area contributed by atoms with Crippen LogP contribution in [0.4, 0.5) is 0 Å². The third kappa shape index (κ3) is 2.82. The molecule has 0 spiro atoms. The monoisotopic (exact) mass is 327 g/mol. The number of hydrogen-bond acceptors (Lipinski definition) is 1. The molecule has 0 radical (unpaired) electrons. The summed E-state index contributed by atoms with van der Waals surface area (Å²) >= 11 is 12.1. The van der Waals surface area contributed by atoms with Crippen molar-refractivity contribution in [1.82, 2.24) is 0 Å². The summed E-state index contributed by atoms with van der Waals surface area (Å²) in [7, 11) is 0. The maximum atomic E-state index is 6.19. The van der Waals surface area contributed by atoms with Gasteiger partial charge in [-0.3, -0.25) is 0 Å². The van der Waals surface area contributed by atoms with E-state index in [0.717, 1.165) is 12.8 Å². The summed E-state index contributed by atoms with van der Waals surface area (Å²) in [6.07, 6.45) is 2.05. The van der Waals surface area contributed by atoms with Gasteiger partial charge in [0.2, 0.25) is 0 Å². The third-order valence-corrected chi connectivity index (χ3v) is 4.62. The van der Waals surface area contributed by atoms with Gasteiger partial charge in [-0.15, -0.1) is 12.4 Å². The quantitative estimate of drug-likeness (QED) is 0.751. The molecule has 0 fully saturated rings. The number of nitrogens with two attached hydrogens (primary N) is 1. The zero-order chi connectivity index (χ0) is 13.4. The Morgan fingerprint density at radius 3 is 2.30 bits per heavy atom. The van der Waals surface area contributed by atoms with E-state index in [1.807, 2.05) is 12.1 Å². The van der Waals surface area contributed by atoms with Crippen molar-refractivity contribution in [3.63, 3.8) is 0 Å². The van der Waals surface area contributed by atoms with Crippen LogP contribution >= 0.6 is 35.6 Å². The van der Waals surface area contributed by atoms with Gasteiger partial charge in [0, 0.05) is 12.0 Å². The van der Waals surface area contributed by atoms with Crippen molar-refractivity contribution < 1.29 is 0 Å². The largest absolute Gasteiger partial charge is 0.324 e. The Labute approximate surface area is 135 Å².